The van der Waals surface area contributed by atoms with E-state index in [0.29, 0.717) is 22.2 Å². The molecule has 110 valence electrons. The quantitative estimate of drug-likeness (QED) is 0.829. The van der Waals surface area contributed by atoms with E-state index in [9.17, 15) is 0 Å². The summed E-state index contributed by atoms with van der Waals surface area (Å²) in [6.07, 6.45) is 0.381. The van der Waals surface area contributed by atoms with E-state index in [4.69, 9.17) is 38.4 Å². The summed E-state index contributed by atoms with van der Waals surface area (Å²) < 4.78 is 11.2. The van der Waals surface area contributed by atoms with Crippen LogP contribution in [0.3, 0.4) is 0 Å². The number of hydrogen-bond acceptors (Lipinski definition) is 3. The van der Waals surface area contributed by atoms with Gasteiger partial charge in [-0.1, -0.05) is 29.3 Å². The smallest absolute Gasteiger partial charge is 0.200 e. The van der Waals surface area contributed by atoms with Crippen LogP contribution >= 0.6 is 23.2 Å². The predicted molar refractivity (Wildman–Crippen MR) is 85.2 cm³/mol. The molecular formula is C16H15Cl2NO2. The van der Waals surface area contributed by atoms with Crippen molar-refractivity contribution in [3.8, 4) is 5.75 Å². The number of benzene rings is 2. The fraction of sp³-hybridized carbons (Fsp3) is 0.250. The van der Waals surface area contributed by atoms with Crippen molar-refractivity contribution in [1.82, 2.24) is 0 Å². The van der Waals surface area contributed by atoms with Crippen molar-refractivity contribution in [3.63, 3.8) is 0 Å². The fourth-order valence-electron chi connectivity index (χ4n) is 2.69. The number of rotatable bonds is 2. The van der Waals surface area contributed by atoms with E-state index in [0.717, 1.165) is 16.9 Å². The van der Waals surface area contributed by atoms with Crippen molar-refractivity contribution in [2.45, 2.75) is 18.6 Å². The molecule has 1 aliphatic heterocycles. The van der Waals surface area contributed by atoms with Crippen LogP contribution in [0.25, 0.3) is 0 Å². The number of nitrogens with two attached hydrogens (primary N) is 1. The number of ether oxygens (including phenoxy) is 2. The maximum absolute atomic E-state index is 6.12. The second-order valence-electron chi connectivity index (χ2n) is 5.07. The van der Waals surface area contributed by atoms with E-state index in [1.165, 1.54) is 0 Å². The molecule has 1 heterocycles. The average Bonchev–Trinajstić information content (AvgIpc) is 2.44. The summed E-state index contributed by atoms with van der Waals surface area (Å²) in [5.41, 5.74) is 8.61. The third-order valence-electron chi connectivity index (χ3n) is 3.65. The Kier molecular flexibility index (Phi) is 3.98. The van der Waals surface area contributed by atoms with E-state index in [1.807, 2.05) is 30.3 Å². The molecule has 2 atom stereocenters. The zero-order valence-electron chi connectivity index (χ0n) is 11.5. The number of fused-ring (bicyclic) bond motifs is 1. The summed E-state index contributed by atoms with van der Waals surface area (Å²) in [6, 6.07) is 11.3. The molecule has 0 spiro atoms. The molecule has 0 fully saturated rings. The Bertz CT molecular complexity index is 655. The van der Waals surface area contributed by atoms with Gasteiger partial charge in [0.2, 0.25) is 0 Å². The molecule has 3 nitrogen and oxygen atoms in total. The Balaban J connectivity index is 2.09. The molecule has 1 aliphatic rings. The molecule has 21 heavy (non-hydrogen) atoms. The Morgan fingerprint density at radius 3 is 2.52 bits per heavy atom. The Morgan fingerprint density at radius 2 is 1.86 bits per heavy atom. The Labute approximate surface area is 133 Å². The first kappa shape index (κ1) is 14.5. The van der Waals surface area contributed by atoms with Crippen molar-refractivity contribution in [3.05, 3.63) is 57.6 Å². The maximum Gasteiger partial charge on any atom is 0.200 e. The highest BCUT2D eigenvalue weighted by atomic mass is 35.5. The molecule has 2 N–H and O–H groups in total. The van der Waals surface area contributed by atoms with E-state index in [2.05, 4.69) is 0 Å². The molecule has 2 unspecified atom stereocenters. The van der Waals surface area contributed by atoms with Crippen LogP contribution in [0.2, 0.25) is 10.0 Å². The van der Waals surface area contributed by atoms with E-state index < -0.39 is 0 Å². The van der Waals surface area contributed by atoms with Crippen LogP contribution in [0.4, 0.5) is 5.69 Å². The number of nitrogen functional groups attached to an aromatic ring is 1. The SMILES string of the molecule is COC1CC(c2cc(Cl)cc(Cl)c2)c2ccc(N)cc2O1. The zero-order valence-corrected chi connectivity index (χ0v) is 13.0. The minimum atomic E-state index is -0.318. The van der Waals surface area contributed by atoms with Gasteiger partial charge >= 0.3 is 0 Å². The van der Waals surface area contributed by atoms with Crippen LogP contribution in [0.1, 0.15) is 23.5 Å². The summed E-state index contributed by atoms with van der Waals surface area (Å²) in [4.78, 5) is 0. The Hall–Kier alpha value is -1.42. The van der Waals surface area contributed by atoms with Crippen LogP contribution in [0.5, 0.6) is 5.75 Å². The van der Waals surface area contributed by atoms with Crippen molar-refractivity contribution in [2.75, 3.05) is 12.8 Å². The van der Waals surface area contributed by atoms with Crippen LogP contribution in [0.15, 0.2) is 36.4 Å². The number of anilines is 1. The van der Waals surface area contributed by atoms with Crippen LogP contribution < -0.4 is 10.5 Å². The number of methoxy groups -OCH3 is 1. The molecule has 0 aliphatic carbocycles. The van der Waals surface area contributed by atoms with Gasteiger partial charge in [-0.3, -0.25) is 0 Å². The standard InChI is InChI=1S/C16H15Cl2NO2/c1-20-16-8-14(9-4-10(17)6-11(18)5-9)13-3-2-12(19)7-15(13)21-16/h2-7,14,16H,8,19H2,1H3. The molecule has 0 radical (unpaired) electrons. The normalized spacial score (nSPS) is 20.7. The zero-order chi connectivity index (χ0) is 15.0. The molecule has 0 bridgehead atoms. The highest BCUT2D eigenvalue weighted by Gasteiger charge is 2.29. The van der Waals surface area contributed by atoms with Crippen molar-refractivity contribution in [2.24, 2.45) is 0 Å². The average molecular weight is 324 g/mol. The van der Waals surface area contributed by atoms with Gasteiger partial charge in [-0.2, -0.15) is 0 Å². The highest BCUT2D eigenvalue weighted by Crippen LogP contribution is 2.42. The van der Waals surface area contributed by atoms with Gasteiger partial charge in [0.05, 0.1) is 0 Å². The van der Waals surface area contributed by atoms with Crippen LogP contribution in [-0.4, -0.2) is 13.4 Å². The highest BCUT2D eigenvalue weighted by molar-refractivity contribution is 6.34. The summed E-state index contributed by atoms with van der Waals surface area (Å²) >= 11 is 12.2. The summed E-state index contributed by atoms with van der Waals surface area (Å²) in [7, 11) is 1.63. The topological polar surface area (TPSA) is 44.5 Å². The van der Waals surface area contributed by atoms with Crippen LogP contribution in [-0.2, 0) is 4.74 Å². The van der Waals surface area contributed by atoms with E-state index >= 15 is 0 Å². The minimum Gasteiger partial charge on any atom is -0.465 e. The second kappa shape index (κ2) is 5.76. The lowest BCUT2D eigenvalue weighted by molar-refractivity contribution is -0.0689. The first-order valence-electron chi connectivity index (χ1n) is 6.61. The van der Waals surface area contributed by atoms with E-state index in [1.54, 1.807) is 13.2 Å². The lowest BCUT2D eigenvalue weighted by Gasteiger charge is -2.32. The summed E-state index contributed by atoms with van der Waals surface area (Å²) in [5, 5.41) is 1.24. The third kappa shape index (κ3) is 2.95. The van der Waals surface area contributed by atoms with Crippen molar-refractivity contribution >= 4 is 28.9 Å². The molecule has 0 saturated carbocycles. The predicted octanol–water partition coefficient (Wildman–Crippen LogP) is 4.46. The van der Waals surface area contributed by atoms with Crippen LogP contribution in [0, 0.1) is 0 Å². The Morgan fingerprint density at radius 1 is 1.14 bits per heavy atom. The molecule has 0 amide bonds. The van der Waals surface area contributed by atoms with Crippen molar-refractivity contribution in [1.29, 1.82) is 0 Å². The van der Waals surface area contributed by atoms with Gasteiger partial charge in [-0.25, -0.2) is 0 Å². The van der Waals surface area contributed by atoms with Gasteiger partial charge in [-0.15, -0.1) is 0 Å². The van der Waals surface area contributed by atoms with Gasteiger partial charge in [0.1, 0.15) is 5.75 Å². The van der Waals surface area contributed by atoms with Gasteiger partial charge in [0, 0.05) is 46.8 Å². The van der Waals surface area contributed by atoms with Gasteiger partial charge in [-0.05, 0) is 29.8 Å². The number of hydrogen-bond donors (Lipinski definition) is 1. The first-order valence-corrected chi connectivity index (χ1v) is 7.37. The first-order chi connectivity index (χ1) is 10.1. The lowest BCUT2D eigenvalue weighted by atomic mass is 9.86. The van der Waals surface area contributed by atoms with Gasteiger partial charge in [0.15, 0.2) is 6.29 Å². The second-order valence-corrected chi connectivity index (χ2v) is 5.94. The molecule has 2 aromatic carbocycles. The molecule has 3 rings (SSSR count). The molecule has 0 aromatic heterocycles. The lowest BCUT2D eigenvalue weighted by Crippen LogP contribution is -2.27. The number of halogens is 2. The van der Waals surface area contributed by atoms with Gasteiger partial charge in [0.25, 0.3) is 0 Å². The summed E-state index contributed by atoms with van der Waals surface area (Å²) in [5.74, 6) is 0.852. The fourth-order valence-corrected chi connectivity index (χ4v) is 3.23. The molecule has 5 heteroatoms. The molecular weight excluding hydrogens is 309 g/mol. The molecule has 2 aromatic rings. The third-order valence-corrected chi connectivity index (χ3v) is 4.09. The largest absolute Gasteiger partial charge is 0.465 e. The van der Waals surface area contributed by atoms with Crippen molar-refractivity contribution < 1.29 is 9.47 Å². The molecule has 0 saturated heterocycles. The monoisotopic (exact) mass is 323 g/mol. The van der Waals surface area contributed by atoms with E-state index in [-0.39, 0.29) is 12.2 Å². The summed E-state index contributed by atoms with van der Waals surface area (Å²) in [6.45, 7) is 0. The van der Waals surface area contributed by atoms with Gasteiger partial charge < -0.3 is 15.2 Å². The maximum atomic E-state index is 6.12. The minimum absolute atomic E-state index is 0.107.